The molecule has 0 radical (unpaired) electrons. The Labute approximate surface area is 107 Å². The Balaban J connectivity index is 2.39. The first-order chi connectivity index (χ1) is 7.79. The van der Waals surface area contributed by atoms with Crippen molar-refractivity contribution in [3.63, 3.8) is 0 Å². The van der Waals surface area contributed by atoms with E-state index in [9.17, 15) is 0 Å². The third-order valence-electron chi connectivity index (χ3n) is 3.34. The van der Waals surface area contributed by atoms with Gasteiger partial charge in [-0.3, -0.25) is 4.98 Å². The second-order valence-corrected chi connectivity index (χ2v) is 7.05. The van der Waals surface area contributed by atoms with Crippen LogP contribution in [0.4, 0.5) is 0 Å². The van der Waals surface area contributed by atoms with Crippen molar-refractivity contribution in [3.05, 3.63) is 30.1 Å². The predicted octanol–water partition coefficient (Wildman–Crippen LogP) is 4.87. The van der Waals surface area contributed by atoms with Crippen LogP contribution in [0.5, 0.6) is 0 Å². The number of nitrogens with zero attached hydrogens (tertiary/aromatic N) is 1. The smallest absolute Gasteiger partial charge is 0.0403 e. The van der Waals surface area contributed by atoms with Crippen LogP contribution in [0, 0.1) is 10.8 Å². The van der Waals surface area contributed by atoms with Crippen LogP contribution >= 0.6 is 0 Å². The average molecular weight is 233 g/mol. The molecular weight excluding hydrogens is 206 g/mol. The number of rotatable bonds is 5. The number of aryl methyl sites for hydroxylation is 1. The zero-order valence-corrected chi connectivity index (χ0v) is 12.1. The second-order valence-electron chi connectivity index (χ2n) is 7.05. The number of aromatic nitrogens is 1. The molecule has 1 heteroatoms. The third-order valence-corrected chi connectivity index (χ3v) is 3.34. The van der Waals surface area contributed by atoms with Crippen LogP contribution in [-0.4, -0.2) is 4.98 Å². The normalized spacial score (nSPS) is 12.8. The lowest BCUT2D eigenvalue weighted by molar-refractivity contribution is 0.240. The van der Waals surface area contributed by atoms with Gasteiger partial charge in [-0.1, -0.05) is 40.7 Å². The van der Waals surface area contributed by atoms with Crippen molar-refractivity contribution in [3.8, 4) is 0 Å². The zero-order chi connectivity index (χ0) is 12.9. The molecule has 1 nitrogen and oxygen atoms in total. The van der Waals surface area contributed by atoms with E-state index in [4.69, 9.17) is 0 Å². The minimum Gasteiger partial charge on any atom is -0.261 e. The van der Waals surface area contributed by atoms with E-state index in [-0.39, 0.29) is 0 Å². The summed E-state index contributed by atoms with van der Waals surface area (Å²) in [5.41, 5.74) is 2.09. The third kappa shape index (κ3) is 6.45. The maximum Gasteiger partial charge on any atom is 0.0403 e. The van der Waals surface area contributed by atoms with Gasteiger partial charge in [-0.2, -0.15) is 0 Å². The Bertz CT molecular complexity index is 319. The SMILES string of the molecule is CC(C)(C)CCC(C)(C)CCc1ccccn1. The van der Waals surface area contributed by atoms with E-state index < -0.39 is 0 Å². The molecule has 1 rings (SSSR count). The first-order valence-corrected chi connectivity index (χ1v) is 6.68. The summed E-state index contributed by atoms with van der Waals surface area (Å²) >= 11 is 0. The van der Waals surface area contributed by atoms with Crippen molar-refractivity contribution in [2.45, 2.75) is 60.3 Å². The molecule has 0 fully saturated rings. The monoisotopic (exact) mass is 233 g/mol. The van der Waals surface area contributed by atoms with Crippen LogP contribution in [0.15, 0.2) is 24.4 Å². The predicted molar refractivity (Wildman–Crippen MR) is 75.0 cm³/mol. The van der Waals surface area contributed by atoms with Crippen LogP contribution in [0.1, 0.15) is 59.6 Å². The van der Waals surface area contributed by atoms with Gasteiger partial charge in [0.2, 0.25) is 0 Å². The van der Waals surface area contributed by atoms with Gasteiger partial charge in [0.15, 0.2) is 0 Å². The fourth-order valence-corrected chi connectivity index (χ4v) is 1.85. The Hall–Kier alpha value is -0.850. The van der Waals surface area contributed by atoms with Crippen molar-refractivity contribution in [2.24, 2.45) is 10.8 Å². The standard InChI is InChI=1S/C16H27N/c1-15(2,3)11-12-16(4,5)10-9-14-8-6-7-13-17-14/h6-8,13H,9-12H2,1-5H3. The molecule has 17 heavy (non-hydrogen) atoms. The van der Waals surface area contributed by atoms with E-state index in [0.29, 0.717) is 10.8 Å². The number of pyridine rings is 1. The van der Waals surface area contributed by atoms with Crippen LogP contribution in [0.2, 0.25) is 0 Å². The maximum atomic E-state index is 4.39. The molecule has 0 bridgehead atoms. The summed E-state index contributed by atoms with van der Waals surface area (Å²) in [6.45, 7) is 11.7. The van der Waals surface area contributed by atoms with Crippen LogP contribution in [-0.2, 0) is 6.42 Å². The fraction of sp³-hybridized carbons (Fsp3) is 0.688. The highest BCUT2D eigenvalue weighted by Crippen LogP contribution is 2.33. The van der Waals surface area contributed by atoms with Crippen LogP contribution in [0.3, 0.4) is 0 Å². The van der Waals surface area contributed by atoms with Crippen molar-refractivity contribution in [1.29, 1.82) is 0 Å². The van der Waals surface area contributed by atoms with Gasteiger partial charge < -0.3 is 0 Å². The molecule has 0 saturated carbocycles. The first kappa shape index (κ1) is 14.2. The summed E-state index contributed by atoms with van der Waals surface area (Å²) in [5, 5.41) is 0. The number of hydrogen-bond acceptors (Lipinski definition) is 1. The fourth-order valence-electron chi connectivity index (χ4n) is 1.85. The van der Waals surface area contributed by atoms with Crippen molar-refractivity contribution < 1.29 is 0 Å². The molecule has 96 valence electrons. The molecular formula is C16H27N. The van der Waals surface area contributed by atoms with E-state index in [0.717, 1.165) is 6.42 Å². The Morgan fingerprint density at radius 3 is 2.18 bits per heavy atom. The maximum absolute atomic E-state index is 4.39. The Morgan fingerprint density at radius 1 is 0.941 bits per heavy atom. The highest BCUT2D eigenvalue weighted by Gasteiger charge is 2.21. The van der Waals surface area contributed by atoms with Crippen molar-refractivity contribution in [2.75, 3.05) is 0 Å². The van der Waals surface area contributed by atoms with Gasteiger partial charge in [0.1, 0.15) is 0 Å². The lowest BCUT2D eigenvalue weighted by Crippen LogP contribution is -2.17. The Morgan fingerprint density at radius 2 is 1.65 bits per heavy atom. The second kappa shape index (κ2) is 5.66. The molecule has 0 amide bonds. The molecule has 0 N–H and O–H groups in total. The van der Waals surface area contributed by atoms with Gasteiger partial charge in [0, 0.05) is 11.9 Å². The van der Waals surface area contributed by atoms with Gasteiger partial charge in [-0.05, 0) is 48.6 Å². The van der Waals surface area contributed by atoms with Crippen LogP contribution < -0.4 is 0 Å². The molecule has 1 heterocycles. The van der Waals surface area contributed by atoms with Gasteiger partial charge in [-0.15, -0.1) is 0 Å². The first-order valence-electron chi connectivity index (χ1n) is 6.68. The van der Waals surface area contributed by atoms with E-state index in [1.807, 2.05) is 12.3 Å². The number of hydrogen-bond donors (Lipinski definition) is 0. The summed E-state index contributed by atoms with van der Waals surface area (Å²) in [4.78, 5) is 4.39. The minimum atomic E-state index is 0.421. The molecule has 1 aromatic heterocycles. The molecule has 0 saturated heterocycles. The molecule has 0 spiro atoms. The van der Waals surface area contributed by atoms with Gasteiger partial charge in [-0.25, -0.2) is 0 Å². The summed E-state index contributed by atoms with van der Waals surface area (Å²) in [5.74, 6) is 0. The molecule has 0 aromatic carbocycles. The van der Waals surface area contributed by atoms with E-state index in [2.05, 4.69) is 51.7 Å². The van der Waals surface area contributed by atoms with Gasteiger partial charge >= 0.3 is 0 Å². The molecule has 0 unspecified atom stereocenters. The topological polar surface area (TPSA) is 12.9 Å². The summed E-state index contributed by atoms with van der Waals surface area (Å²) < 4.78 is 0. The zero-order valence-electron chi connectivity index (χ0n) is 12.1. The largest absolute Gasteiger partial charge is 0.261 e. The van der Waals surface area contributed by atoms with Crippen molar-refractivity contribution in [1.82, 2.24) is 4.98 Å². The molecule has 1 aromatic rings. The van der Waals surface area contributed by atoms with Gasteiger partial charge in [0.05, 0.1) is 0 Å². The van der Waals surface area contributed by atoms with Crippen LogP contribution in [0.25, 0.3) is 0 Å². The van der Waals surface area contributed by atoms with E-state index in [1.165, 1.54) is 25.0 Å². The molecule has 0 aliphatic rings. The molecule has 0 aliphatic carbocycles. The average Bonchev–Trinajstić information content (AvgIpc) is 2.25. The Kier molecular flexibility index (Phi) is 4.73. The lowest BCUT2D eigenvalue weighted by atomic mass is 9.77. The highest BCUT2D eigenvalue weighted by molar-refractivity contribution is 5.03. The van der Waals surface area contributed by atoms with Crippen molar-refractivity contribution >= 4 is 0 Å². The van der Waals surface area contributed by atoms with E-state index in [1.54, 1.807) is 0 Å². The van der Waals surface area contributed by atoms with E-state index >= 15 is 0 Å². The summed E-state index contributed by atoms with van der Waals surface area (Å²) in [6.07, 6.45) is 6.79. The summed E-state index contributed by atoms with van der Waals surface area (Å²) in [7, 11) is 0. The quantitative estimate of drug-likeness (QED) is 0.707. The lowest BCUT2D eigenvalue weighted by Gasteiger charge is -2.28. The van der Waals surface area contributed by atoms with Gasteiger partial charge in [0.25, 0.3) is 0 Å². The minimum absolute atomic E-state index is 0.421. The highest BCUT2D eigenvalue weighted by atomic mass is 14.7. The summed E-state index contributed by atoms with van der Waals surface area (Å²) in [6, 6.07) is 6.18. The molecule has 0 atom stereocenters. The molecule has 0 aliphatic heterocycles.